The summed E-state index contributed by atoms with van der Waals surface area (Å²) in [6.45, 7) is 25.1. The minimum absolute atomic E-state index is 0.0281. The van der Waals surface area contributed by atoms with Crippen LogP contribution in [-0.4, -0.2) is 109 Å². The lowest BCUT2D eigenvalue weighted by atomic mass is 9.69. The molecule has 6 atom stereocenters. The minimum Gasteiger partial charge on any atom is -0.449 e. The predicted molar refractivity (Wildman–Crippen MR) is 255 cm³/mol. The molecule has 2 heterocycles. The third kappa shape index (κ3) is 9.09. The highest BCUT2D eigenvalue weighted by Gasteiger charge is 2.79. The van der Waals surface area contributed by atoms with Gasteiger partial charge in [-0.2, -0.15) is 0 Å². The summed E-state index contributed by atoms with van der Waals surface area (Å²) in [7, 11) is -2.38. The van der Waals surface area contributed by atoms with Crippen molar-refractivity contribution in [2.24, 2.45) is 11.8 Å². The molecule has 2 aromatic rings. The van der Waals surface area contributed by atoms with Crippen molar-refractivity contribution >= 4 is 34.8 Å². The second-order valence-corrected chi connectivity index (χ2v) is 29.4. The van der Waals surface area contributed by atoms with Crippen molar-refractivity contribution in [3.05, 3.63) is 84.0 Å². The number of aliphatic hydroxyl groups is 1. The monoisotopic (exact) mass is 921 g/mol. The molecule has 0 aromatic heterocycles. The molecule has 0 radical (unpaired) electrons. The Kier molecular flexibility index (Phi) is 16.8. The Hall–Kier alpha value is -3.64. The van der Waals surface area contributed by atoms with Gasteiger partial charge in [0.15, 0.2) is 12.3 Å². The maximum absolute atomic E-state index is 15.0. The molecule has 0 bridgehead atoms. The first-order valence-electron chi connectivity index (χ1n) is 23.3. The Morgan fingerprint density at radius 1 is 0.906 bits per heavy atom. The van der Waals surface area contributed by atoms with Crippen LogP contribution >= 0.6 is 0 Å². The lowest BCUT2D eigenvalue weighted by molar-refractivity contribution is -0.221. The number of nitrogens with one attached hydrogen (secondary N) is 1. The number of likely N-dealkylation sites (tertiary alicyclic amines) is 1. The number of rotatable bonds is 20. The van der Waals surface area contributed by atoms with E-state index in [9.17, 15) is 19.5 Å². The minimum atomic E-state index is -3.15. The van der Waals surface area contributed by atoms with E-state index in [4.69, 9.17) is 27.5 Å². The molecule has 12 nitrogen and oxygen atoms in total. The largest absolute Gasteiger partial charge is 0.449 e. The molecule has 0 spiro atoms. The number of alkyl carbamates (subject to hydrolysis) is 1. The van der Waals surface area contributed by atoms with Crippen LogP contribution in [0.25, 0.3) is 11.1 Å². The van der Waals surface area contributed by atoms with Gasteiger partial charge in [0.1, 0.15) is 12.2 Å². The van der Waals surface area contributed by atoms with Gasteiger partial charge in [0, 0.05) is 26.6 Å². The van der Waals surface area contributed by atoms with Gasteiger partial charge >= 0.3 is 20.6 Å². The molecule has 2 amide bonds. The van der Waals surface area contributed by atoms with Crippen LogP contribution in [0.5, 0.6) is 0 Å². The highest BCUT2D eigenvalue weighted by Crippen LogP contribution is 2.57. The predicted octanol–water partition coefficient (Wildman–Crippen LogP) is 9.63. The van der Waals surface area contributed by atoms with Crippen molar-refractivity contribution in [3.63, 3.8) is 0 Å². The second kappa shape index (κ2) is 20.9. The van der Waals surface area contributed by atoms with Crippen molar-refractivity contribution in [3.8, 4) is 11.1 Å². The molecule has 2 aliphatic heterocycles. The van der Waals surface area contributed by atoms with Crippen LogP contribution in [0.3, 0.4) is 0 Å². The fourth-order valence-corrected chi connectivity index (χ4v) is 20.6. The van der Waals surface area contributed by atoms with Crippen LogP contribution in [0.15, 0.2) is 72.8 Å². The number of allylic oxidation sites excluding steroid dienone is 2. The van der Waals surface area contributed by atoms with Crippen molar-refractivity contribution in [2.75, 3.05) is 40.7 Å². The summed E-state index contributed by atoms with van der Waals surface area (Å²) < 4.78 is 39.1. The summed E-state index contributed by atoms with van der Waals surface area (Å²) in [6.07, 6.45) is 4.91. The molecule has 3 aliphatic rings. The van der Waals surface area contributed by atoms with Crippen molar-refractivity contribution in [2.45, 2.75) is 146 Å². The van der Waals surface area contributed by atoms with Crippen LogP contribution in [0.1, 0.15) is 107 Å². The Morgan fingerprint density at radius 3 is 2.00 bits per heavy atom. The van der Waals surface area contributed by atoms with E-state index in [1.807, 2.05) is 31.2 Å². The normalized spacial score (nSPS) is 23.7. The van der Waals surface area contributed by atoms with Crippen LogP contribution in [0.4, 0.5) is 4.79 Å². The first kappa shape index (κ1) is 51.3. The van der Waals surface area contributed by atoms with E-state index in [0.717, 1.165) is 11.1 Å². The maximum Gasteiger partial charge on any atom is 0.407 e. The van der Waals surface area contributed by atoms with Gasteiger partial charge in [-0.3, -0.25) is 4.79 Å². The number of esters is 1. The second-order valence-electron chi connectivity index (χ2n) is 19.7. The Balaban J connectivity index is 1.30. The van der Waals surface area contributed by atoms with E-state index in [1.165, 1.54) is 16.0 Å². The number of fused-ring (bicyclic) bond motifs is 4. The molecule has 1 unspecified atom stereocenters. The number of amides is 2. The average molecular weight is 921 g/mol. The number of carbonyl (C=O) groups excluding carboxylic acids is 3. The van der Waals surface area contributed by atoms with Gasteiger partial charge in [0.05, 0.1) is 24.7 Å². The van der Waals surface area contributed by atoms with Gasteiger partial charge in [-0.15, -0.1) is 0 Å². The SMILES string of the molecule is CO[C@@H](C[C@@H](C)C(O)/C=C/C=C/CNC(=O)OCC1c2ccccc2-c2ccccc21)[C@@]12O[Si](C(C)C)(C(C)C)OC[C@]1(C(=O)OCO[Si](C(C)C)(C(C)C)C(C)C)N(C)C(=O)[C@@H]2C. The fraction of sp³-hybridized carbons (Fsp3) is 0.620. The fourth-order valence-electron chi connectivity index (χ4n) is 11.4. The zero-order valence-electron chi connectivity index (χ0n) is 40.8. The van der Waals surface area contributed by atoms with Crippen LogP contribution < -0.4 is 5.32 Å². The Labute approximate surface area is 384 Å². The third-order valence-corrected chi connectivity index (χ3v) is 25.3. The molecule has 64 heavy (non-hydrogen) atoms. The zero-order valence-corrected chi connectivity index (χ0v) is 42.8. The summed E-state index contributed by atoms with van der Waals surface area (Å²) in [5.74, 6) is -2.18. The zero-order chi connectivity index (χ0) is 47.4. The molecule has 0 saturated carbocycles. The summed E-state index contributed by atoms with van der Waals surface area (Å²) in [4.78, 5) is 43.5. The molecular formula is C50H76N2O10Si2. The highest BCUT2D eigenvalue weighted by atomic mass is 28.4. The number of hydrogen-bond donors (Lipinski definition) is 2. The highest BCUT2D eigenvalue weighted by molar-refractivity contribution is 6.77. The smallest absolute Gasteiger partial charge is 0.407 e. The lowest BCUT2D eigenvalue weighted by Crippen LogP contribution is -2.79. The van der Waals surface area contributed by atoms with E-state index < -0.39 is 64.1 Å². The quantitative estimate of drug-likeness (QED) is 0.0571. The molecule has 354 valence electrons. The van der Waals surface area contributed by atoms with Gasteiger partial charge in [-0.25, -0.2) is 9.59 Å². The number of benzene rings is 2. The first-order chi connectivity index (χ1) is 30.2. The van der Waals surface area contributed by atoms with Crippen LogP contribution in [0.2, 0.25) is 27.7 Å². The van der Waals surface area contributed by atoms with Crippen molar-refractivity contribution in [1.29, 1.82) is 0 Å². The molecule has 2 saturated heterocycles. The summed E-state index contributed by atoms with van der Waals surface area (Å²) in [5, 5.41) is 14.3. The lowest BCUT2D eigenvalue weighted by Gasteiger charge is -2.59. The van der Waals surface area contributed by atoms with E-state index in [1.54, 1.807) is 45.4 Å². The molecule has 2 aromatic carbocycles. The summed E-state index contributed by atoms with van der Waals surface area (Å²) in [5.41, 5.74) is 2.16. The van der Waals surface area contributed by atoms with Crippen LogP contribution in [0, 0.1) is 11.8 Å². The third-order valence-electron chi connectivity index (χ3n) is 14.7. The van der Waals surface area contributed by atoms with Gasteiger partial charge < -0.3 is 42.8 Å². The number of nitrogens with zero attached hydrogens (tertiary/aromatic N) is 1. The first-order valence-corrected chi connectivity index (χ1v) is 27.4. The number of likely N-dealkylation sites (N-methyl/N-ethyl adjacent to an activating group) is 1. The molecule has 2 N–H and O–H groups in total. The van der Waals surface area contributed by atoms with E-state index in [2.05, 4.69) is 98.8 Å². The van der Waals surface area contributed by atoms with E-state index >= 15 is 0 Å². The van der Waals surface area contributed by atoms with Crippen molar-refractivity contribution in [1.82, 2.24) is 10.2 Å². The number of carbonyl (C=O) groups is 3. The van der Waals surface area contributed by atoms with Gasteiger partial charge in [-0.1, -0.05) is 156 Å². The van der Waals surface area contributed by atoms with Gasteiger partial charge in [0.25, 0.3) is 0 Å². The van der Waals surface area contributed by atoms with E-state index in [-0.39, 0.29) is 72.5 Å². The van der Waals surface area contributed by atoms with Crippen LogP contribution in [-0.2, 0) is 37.1 Å². The molecule has 5 rings (SSSR count). The molecule has 1 aliphatic carbocycles. The molecular weight excluding hydrogens is 845 g/mol. The standard InChI is InChI=1S/C50H76N2O10Si2/c1-32(2)63(33(3)4,34(5)6)61-31-59-47(55)49-30-60-64(35(7)8,36(9)10)62-50(49,38(12)46(54)52(49)13)45(57-14)28-37(11)44(53)26-16-15-21-27-51-48(56)58-29-43-41-24-19-17-22-39(41)40-23-18-20-25-42(40)43/h15-26,32-38,43-45,53H,27-31H2,1-14H3,(H,51,56)/b21-15+,26-16+/t37-,38+,44?,45+,49-,50-/m1/s1. The Bertz CT molecular complexity index is 1930. The number of aliphatic hydroxyl groups excluding tert-OH is 1. The number of ether oxygens (including phenoxy) is 3. The summed E-state index contributed by atoms with van der Waals surface area (Å²) >= 11 is 0. The maximum atomic E-state index is 15.0. The van der Waals surface area contributed by atoms with E-state index in [0.29, 0.717) is 0 Å². The topological polar surface area (TPSA) is 142 Å². The van der Waals surface area contributed by atoms with Gasteiger partial charge in [0.2, 0.25) is 14.2 Å². The average Bonchev–Trinajstić information content (AvgIpc) is 3.66. The number of hydrogen-bond acceptors (Lipinski definition) is 10. The Morgan fingerprint density at radius 2 is 1.47 bits per heavy atom. The number of methoxy groups -OCH3 is 1. The molecule has 2 fully saturated rings. The molecule has 14 heteroatoms. The van der Waals surface area contributed by atoms with Gasteiger partial charge in [-0.05, 0) is 62.3 Å². The van der Waals surface area contributed by atoms with Crippen molar-refractivity contribution < 1.29 is 47.0 Å². The summed E-state index contributed by atoms with van der Waals surface area (Å²) in [6, 6.07) is 16.4.